The van der Waals surface area contributed by atoms with Crippen LogP contribution in [0.1, 0.15) is 28.4 Å². The third kappa shape index (κ3) is 4.93. The molecule has 2 rings (SSSR count). The van der Waals surface area contributed by atoms with Crippen LogP contribution in [0.2, 0.25) is 0 Å². The van der Waals surface area contributed by atoms with Crippen molar-refractivity contribution in [3.63, 3.8) is 0 Å². The smallest absolute Gasteiger partial charge is 0.251 e. The van der Waals surface area contributed by atoms with Crippen molar-refractivity contribution in [3.8, 4) is 0 Å². The molecule has 0 aliphatic rings. The predicted octanol–water partition coefficient (Wildman–Crippen LogP) is 2.27. The van der Waals surface area contributed by atoms with Gasteiger partial charge in [0.05, 0.1) is 6.61 Å². The Bertz CT molecular complexity index is 686. The minimum Gasteiger partial charge on any atom is -0.380 e. The van der Waals surface area contributed by atoms with Crippen molar-refractivity contribution in [2.45, 2.75) is 26.1 Å². The van der Waals surface area contributed by atoms with E-state index in [4.69, 9.17) is 4.74 Å². The van der Waals surface area contributed by atoms with Gasteiger partial charge in [-0.05, 0) is 30.2 Å². The lowest BCUT2D eigenvalue weighted by atomic mass is 10.1. The van der Waals surface area contributed by atoms with Gasteiger partial charge in [-0.1, -0.05) is 42.5 Å². The molecule has 0 radical (unpaired) electrons. The van der Waals surface area contributed by atoms with Crippen LogP contribution >= 0.6 is 0 Å². The summed E-state index contributed by atoms with van der Waals surface area (Å²) in [4.78, 5) is 24.3. The highest BCUT2D eigenvalue weighted by Gasteiger charge is 2.16. The molecule has 0 aromatic heterocycles. The molecule has 0 aliphatic heterocycles. The van der Waals surface area contributed by atoms with E-state index in [1.54, 1.807) is 38.3 Å². The number of amides is 2. The number of benzene rings is 2. The number of carbonyl (C=O) groups excluding carboxylic acids is 2. The second-order valence-electron chi connectivity index (χ2n) is 5.48. The largest absolute Gasteiger partial charge is 0.380 e. The van der Waals surface area contributed by atoms with Gasteiger partial charge < -0.3 is 15.4 Å². The first-order valence-corrected chi connectivity index (χ1v) is 7.81. The van der Waals surface area contributed by atoms with Gasteiger partial charge in [0.1, 0.15) is 6.04 Å². The Balaban J connectivity index is 1.89. The molecule has 5 nitrogen and oxygen atoms in total. The van der Waals surface area contributed by atoms with Crippen LogP contribution in [-0.2, 0) is 22.7 Å². The lowest BCUT2D eigenvalue weighted by Gasteiger charge is -2.15. The molecule has 2 amide bonds. The normalized spacial score (nSPS) is 11.6. The van der Waals surface area contributed by atoms with Gasteiger partial charge in [-0.15, -0.1) is 0 Å². The highest BCUT2D eigenvalue weighted by Crippen LogP contribution is 2.09. The Morgan fingerprint density at radius 2 is 1.62 bits per heavy atom. The first-order chi connectivity index (χ1) is 11.6. The average Bonchev–Trinajstić information content (AvgIpc) is 2.61. The summed E-state index contributed by atoms with van der Waals surface area (Å²) in [6.45, 7) is 2.55. The highest BCUT2D eigenvalue weighted by atomic mass is 16.5. The van der Waals surface area contributed by atoms with E-state index in [1.807, 2.05) is 30.3 Å². The molecule has 0 fully saturated rings. The third-order valence-electron chi connectivity index (χ3n) is 3.65. The number of nitrogens with one attached hydrogen (secondary N) is 2. The minimum absolute atomic E-state index is 0.230. The number of ether oxygens (including phenoxy) is 1. The summed E-state index contributed by atoms with van der Waals surface area (Å²) in [6.07, 6.45) is 0. The molecule has 1 atom stereocenters. The van der Waals surface area contributed by atoms with Gasteiger partial charge in [0, 0.05) is 19.2 Å². The lowest BCUT2D eigenvalue weighted by Crippen LogP contribution is -2.44. The van der Waals surface area contributed by atoms with Crippen LogP contribution in [0.25, 0.3) is 0 Å². The molecule has 1 unspecified atom stereocenters. The van der Waals surface area contributed by atoms with Gasteiger partial charge in [-0.2, -0.15) is 0 Å². The average molecular weight is 326 g/mol. The van der Waals surface area contributed by atoms with E-state index < -0.39 is 6.04 Å². The first-order valence-electron chi connectivity index (χ1n) is 7.81. The van der Waals surface area contributed by atoms with E-state index in [0.29, 0.717) is 18.7 Å². The summed E-state index contributed by atoms with van der Waals surface area (Å²) >= 11 is 0. The summed E-state index contributed by atoms with van der Waals surface area (Å²) < 4.78 is 5.15. The van der Waals surface area contributed by atoms with E-state index in [9.17, 15) is 9.59 Å². The Morgan fingerprint density at radius 1 is 1.00 bits per heavy atom. The Kier molecular flexibility index (Phi) is 6.51. The van der Waals surface area contributed by atoms with E-state index in [0.717, 1.165) is 11.1 Å². The zero-order valence-corrected chi connectivity index (χ0v) is 13.9. The SMILES string of the molecule is COCc1ccccc1CNC(=O)C(C)NC(=O)c1ccccc1. The van der Waals surface area contributed by atoms with Crippen molar-refractivity contribution in [1.29, 1.82) is 0 Å². The third-order valence-corrected chi connectivity index (χ3v) is 3.65. The monoisotopic (exact) mass is 326 g/mol. The number of hydrogen-bond donors (Lipinski definition) is 2. The van der Waals surface area contributed by atoms with Gasteiger partial charge in [0.25, 0.3) is 5.91 Å². The van der Waals surface area contributed by atoms with Crippen molar-refractivity contribution in [2.24, 2.45) is 0 Å². The number of methoxy groups -OCH3 is 1. The molecule has 24 heavy (non-hydrogen) atoms. The van der Waals surface area contributed by atoms with Crippen LogP contribution < -0.4 is 10.6 Å². The molecule has 2 aromatic rings. The molecule has 0 heterocycles. The lowest BCUT2D eigenvalue weighted by molar-refractivity contribution is -0.122. The highest BCUT2D eigenvalue weighted by molar-refractivity contribution is 5.97. The number of carbonyl (C=O) groups is 2. The first kappa shape index (κ1) is 17.7. The summed E-state index contributed by atoms with van der Waals surface area (Å²) in [5.41, 5.74) is 2.55. The molecule has 0 bridgehead atoms. The molecule has 0 saturated heterocycles. The molecule has 0 spiro atoms. The van der Waals surface area contributed by atoms with Crippen molar-refractivity contribution in [3.05, 3.63) is 71.3 Å². The van der Waals surface area contributed by atoms with Gasteiger partial charge in [-0.3, -0.25) is 9.59 Å². The van der Waals surface area contributed by atoms with E-state index in [2.05, 4.69) is 10.6 Å². The predicted molar refractivity (Wildman–Crippen MR) is 92.4 cm³/mol. The maximum atomic E-state index is 12.2. The fourth-order valence-electron chi connectivity index (χ4n) is 2.30. The van der Waals surface area contributed by atoms with Crippen LogP contribution in [0.15, 0.2) is 54.6 Å². The van der Waals surface area contributed by atoms with Crippen LogP contribution in [-0.4, -0.2) is 25.0 Å². The van der Waals surface area contributed by atoms with Gasteiger partial charge in [-0.25, -0.2) is 0 Å². The fraction of sp³-hybridized carbons (Fsp3) is 0.263. The second kappa shape index (κ2) is 8.84. The van der Waals surface area contributed by atoms with Crippen LogP contribution in [0.5, 0.6) is 0 Å². The standard InChI is InChI=1S/C19H22N2O3/c1-14(21-19(23)15-8-4-3-5-9-15)18(22)20-12-16-10-6-7-11-17(16)13-24-2/h3-11,14H,12-13H2,1-2H3,(H,20,22)(H,21,23). The van der Waals surface area contributed by atoms with Crippen LogP contribution in [0, 0.1) is 0 Å². The van der Waals surface area contributed by atoms with Crippen molar-refractivity contribution in [2.75, 3.05) is 7.11 Å². The Labute approximate surface area is 142 Å². The van der Waals surface area contributed by atoms with Crippen molar-refractivity contribution in [1.82, 2.24) is 10.6 Å². The summed E-state index contributed by atoms with van der Waals surface area (Å²) in [7, 11) is 1.64. The van der Waals surface area contributed by atoms with E-state index in [1.165, 1.54) is 0 Å². The Hall–Kier alpha value is -2.66. The van der Waals surface area contributed by atoms with Gasteiger partial charge >= 0.3 is 0 Å². The summed E-state index contributed by atoms with van der Waals surface area (Å²) in [5, 5.41) is 5.54. The van der Waals surface area contributed by atoms with Crippen molar-refractivity contribution < 1.29 is 14.3 Å². The van der Waals surface area contributed by atoms with Gasteiger partial charge in [0.15, 0.2) is 0 Å². The molecule has 5 heteroatoms. The number of rotatable bonds is 7. The quantitative estimate of drug-likeness (QED) is 0.820. The fourth-order valence-corrected chi connectivity index (χ4v) is 2.30. The minimum atomic E-state index is -0.618. The van der Waals surface area contributed by atoms with Crippen LogP contribution in [0.3, 0.4) is 0 Å². The van der Waals surface area contributed by atoms with Crippen LogP contribution in [0.4, 0.5) is 0 Å². The molecular formula is C19H22N2O3. The zero-order valence-electron chi connectivity index (χ0n) is 13.9. The molecular weight excluding hydrogens is 304 g/mol. The molecule has 0 aliphatic carbocycles. The Morgan fingerprint density at radius 3 is 2.29 bits per heavy atom. The summed E-state index contributed by atoms with van der Waals surface area (Å²) in [5.74, 6) is -0.496. The summed E-state index contributed by atoms with van der Waals surface area (Å²) in [6, 6.07) is 16.0. The van der Waals surface area contributed by atoms with Crippen molar-refractivity contribution >= 4 is 11.8 Å². The molecule has 126 valence electrons. The maximum absolute atomic E-state index is 12.2. The maximum Gasteiger partial charge on any atom is 0.251 e. The van der Waals surface area contributed by atoms with E-state index >= 15 is 0 Å². The van der Waals surface area contributed by atoms with E-state index in [-0.39, 0.29) is 11.8 Å². The van der Waals surface area contributed by atoms with Gasteiger partial charge in [0.2, 0.25) is 5.91 Å². The molecule has 2 N–H and O–H groups in total. The second-order valence-corrected chi connectivity index (χ2v) is 5.48. The molecule has 0 saturated carbocycles. The topological polar surface area (TPSA) is 67.4 Å². The molecule has 2 aromatic carbocycles. The zero-order chi connectivity index (χ0) is 17.4. The number of hydrogen-bond acceptors (Lipinski definition) is 3.